The average Bonchev–Trinajstić information content (AvgIpc) is 2.57. The van der Waals surface area contributed by atoms with Crippen LogP contribution in [0.3, 0.4) is 0 Å². The highest BCUT2D eigenvalue weighted by Gasteiger charge is 2.47. The topological polar surface area (TPSA) is 102 Å². The summed E-state index contributed by atoms with van der Waals surface area (Å²) in [5.41, 5.74) is 5.39. The number of aliphatic imine (C=N–C) groups is 1. The van der Waals surface area contributed by atoms with Crippen molar-refractivity contribution in [1.29, 1.82) is 0 Å². The van der Waals surface area contributed by atoms with Gasteiger partial charge in [0.25, 0.3) is 0 Å². The van der Waals surface area contributed by atoms with Crippen molar-refractivity contribution >= 4 is 17.6 Å². The van der Waals surface area contributed by atoms with Crippen molar-refractivity contribution in [2.45, 2.75) is 29.3 Å². The molecule has 2 aliphatic rings. The molecule has 0 spiro atoms. The van der Waals surface area contributed by atoms with Crippen LogP contribution in [0.15, 0.2) is 17.3 Å². The second-order valence-electron chi connectivity index (χ2n) is 3.85. The molecular formula is C9H14FN3O3S. The number of amidine groups is 1. The minimum atomic E-state index is -1.56. The van der Waals surface area contributed by atoms with Crippen LogP contribution in [0.25, 0.3) is 0 Å². The number of hydrogen-bond acceptors (Lipinski definition) is 7. The van der Waals surface area contributed by atoms with E-state index in [0.717, 1.165) is 11.8 Å². The van der Waals surface area contributed by atoms with E-state index in [1.165, 1.54) is 17.2 Å². The highest BCUT2D eigenvalue weighted by atomic mass is 32.2. The first-order valence-electron chi connectivity index (χ1n) is 5.10. The van der Waals surface area contributed by atoms with Gasteiger partial charge in [-0.05, 0) is 6.08 Å². The van der Waals surface area contributed by atoms with Crippen LogP contribution in [0, 0.1) is 0 Å². The van der Waals surface area contributed by atoms with Crippen LogP contribution in [0.5, 0.6) is 0 Å². The molecule has 0 aromatic rings. The molecule has 6 nitrogen and oxygen atoms in total. The largest absolute Gasteiger partial charge is 0.395 e. The van der Waals surface area contributed by atoms with Crippen molar-refractivity contribution in [2.75, 3.05) is 6.61 Å². The summed E-state index contributed by atoms with van der Waals surface area (Å²) in [6, 6.07) is 0. The van der Waals surface area contributed by atoms with Crippen molar-refractivity contribution < 1.29 is 19.7 Å². The predicted octanol–water partition coefficient (Wildman–Crippen LogP) is -1.42. The van der Waals surface area contributed by atoms with Crippen LogP contribution in [-0.4, -0.2) is 61.9 Å². The molecule has 17 heavy (non-hydrogen) atoms. The average molecular weight is 263 g/mol. The molecule has 8 heteroatoms. The van der Waals surface area contributed by atoms with Gasteiger partial charge in [-0.3, -0.25) is 0 Å². The fourth-order valence-electron chi connectivity index (χ4n) is 1.79. The fourth-order valence-corrected chi connectivity index (χ4v) is 3.18. The summed E-state index contributed by atoms with van der Waals surface area (Å²) in [6.07, 6.45) is -1.20. The zero-order valence-corrected chi connectivity index (χ0v) is 9.66. The lowest BCUT2D eigenvalue weighted by atomic mass is 10.1. The van der Waals surface area contributed by atoms with Gasteiger partial charge >= 0.3 is 0 Å². The Labute approximate surface area is 102 Å². The van der Waals surface area contributed by atoms with Crippen LogP contribution in [-0.2, 0) is 0 Å². The monoisotopic (exact) mass is 263 g/mol. The van der Waals surface area contributed by atoms with E-state index < -0.39 is 29.3 Å². The lowest BCUT2D eigenvalue weighted by Crippen LogP contribution is -2.44. The van der Waals surface area contributed by atoms with Gasteiger partial charge in [-0.2, -0.15) is 0 Å². The summed E-state index contributed by atoms with van der Waals surface area (Å²) >= 11 is 1.07. The van der Waals surface area contributed by atoms with Gasteiger partial charge in [-0.1, -0.05) is 0 Å². The quantitative estimate of drug-likeness (QED) is 0.488. The maximum absolute atomic E-state index is 13.8. The van der Waals surface area contributed by atoms with Gasteiger partial charge in [0.2, 0.25) is 6.35 Å². The minimum absolute atomic E-state index is 0.159. The van der Waals surface area contributed by atoms with E-state index in [9.17, 15) is 14.6 Å². The summed E-state index contributed by atoms with van der Waals surface area (Å²) in [7, 11) is 0. The van der Waals surface area contributed by atoms with Gasteiger partial charge in [-0.15, -0.1) is 11.8 Å². The van der Waals surface area contributed by atoms with Crippen LogP contribution in [0.4, 0.5) is 4.39 Å². The Morgan fingerprint density at radius 2 is 2.24 bits per heavy atom. The molecule has 2 rings (SSSR count). The first-order valence-corrected chi connectivity index (χ1v) is 6.04. The first-order chi connectivity index (χ1) is 8.04. The Hall–Kier alpha value is -0.830. The number of nitrogens with two attached hydrogens (primary N) is 1. The Balaban J connectivity index is 2.12. The zero-order chi connectivity index (χ0) is 12.6. The third-order valence-electron chi connectivity index (χ3n) is 2.72. The lowest BCUT2D eigenvalue weighted by Gasteiger charge is -2.32. The number of thioether (sulfide) groups is 1. The molecular weight excluding hydrogens is 249 g/mol. The van der Waals surface area contributed by atoms with Crippen molar-refractivity contribution in [3.63, 3.8) is 0 Å². The normalized spacial score (nSPS) is 41.8. The van der Waals surface area contributed by atoms with E-state index in [1.54, 1.807) is 0 Å². The van der Waals surface area contributed by atoms with E-state index in [1.807, 2.05) is 0 Å². The molecule has 0 bridgehead atoms. The first kappa shape index (κ1) is 12.6. The predicted molar refractivity (Wildman–Crippen MR) is 61.8 cm³/mol. The smallest absolute Gasteiger partial charge is 0.228 e. The summed E-state index contributed by atoms with van der Waals surface area (Å²) < 4.78 is 13.8. The van der Waals surface area contributed by atoms with E-state index in [-0.39, 0.29) is 12.4 Å². The van der Waals surface area contributed by atoms with Gasteiger partial charge in [0.15, 0.2) is 6.17 Å². The summed E-state index contributed by atoms with van der Waals surface area (Å²) in [5.74, 6) is 0.159. The van der Waals surface area contributed by atoms with Gasteiger partial charge < -0.3 is 26.0 Å². The molecule has 0 aliphatic carbocycles. The summed E-state index contributed by atoms with van der Waals surface area (Å²) in [4.78, 5) is 4.95. The molecule has 0 radical (unpaired) electrons. The second-order valence-corrected chi connectivity index (χ2v) is 5.21. The number of alkyl halides is 1. The zero-order valence-electron chi connectivity index (χ0n) is 8.85. The van der Waals surface area contributed by atoms with Crippen molar-refractivity contribution in [2.24, 2.45) is 10.7 Å². The number of nitrogens with zero attached hydrogens (tertiary/aromatic N) is 2. The molecule has 1 fully saturated rings. The van der Waals surface area contributed by atoms with E-state index >= 15 is 0 Å². The molecule has 0 aromatic heterocycles. The van der Waals surface area contributed by atoms with Crippen molar-refractivity contribution in [3.8, 4) is 0 Å². The standard InChI is InChI=1S/C9H14FN3O3S/c10-6-7(15)4(3-14)17-8(6)13-2-1-5(11)12-9(13)16/h1-2,4,6-9,14-16H,3H2,(H2,11,12)/t4-,6+,7-,8-,9?/m1/s1. The maximum atomic E-state index is 13.8. The molecule has 0 aromatic carbocycles. The van der Waals surface area contributed by atoms with Gasteiger partial charge in [0.1, 0.15) is 17.3 Å². The number of rotatable bonds is 2. The highest BCUT2D eigenvalue weighted by molar-refractivity contribution is 8.00. The number of hydrogen-bond donors (Lipinski definition) is 4. The van der Waals surface area contributed by atoms with Gasteiger partial charge in [-0.25, -0.2) is 9.38 Å². The molecule has 1 unspecified atom stereocenters. The van der Waals surface area contributed by atoms with Crippen LogP contribution < -0.4 is 5.73 Å². The lowest BCUT2D eigenvalue weighted by molar-refractivity contribution is -0.00524. The van der Waals surface area contributed by atoms with Gasteiger partial charge in [0, 0.05) is 6.20 Å². The molecule has 0 saturated carbocycles. The van der Waals surface area contributed by atoms with Gasteiger partial charge in [0.05, 0.1) is 11.9 Å². The second kappa shape index (κ2) is 4.81. The third kappa shape index (κ3) is 2.25. The fraction of sp³-hybridized carbons (Fsp3) is 0.667. The maximum Gasteiger partial charge on any atom is 0.228 e. The SMILES string of the molecule is NC1=NC(O)N([C@@H]2S[C@H](CO)[C@@H](O)[C@@H]2F)C=C1. The minimum Gasteiger partial charge on any atom is -0.395 e. The number of aliphatic hydroxyl groups is 3. The van der Waals surface area contributed by atoms with Crippen LogP contribution >= 0.6 is 11.8 Å². The third-order valence-corrected chi connectivity index (χ3v) is 4.28. The molecule has 5 atom stereocenters. The van der Waals surface area contributed by atoms with Crippen molar-refractivity contribution in [3.05, 3.63) is 12.3 Å². The summed E-state index contributed by atoms with van der Waals surface area (Å²) in [6.45, 7) is -0.318. The van der Waals surface area contributed by atoms with Crippen molar-refractivity contribution in [1.82, 2.24) is 4.90 Å². The number of halogens is 1. The highest BCUT2D eigenvalue weighted by Crippen LogP contribution is 2.39. The Morgan fingerprint density at radius 1 is 1.53 bits per heavy atom. The Bertz CT molecular complexity index is 354. The van der Waals surface area contributed by atoms with E-state index in [2.05, 4.69) is 4.99 Å². The van der Waals surface area contributed by atoms with E-state index in [4.69, 9.17) is 10.8 Å². The van der Waals surface area contributed by atoms with E-state index in [0.29, 0.717) is 0 Å². The molecule has 2 heterocycles. The molecule has 1 saturated heterocycles. The molecule has 0 amide bonds. The molecule has 5 N–H and O–H groups in total. The number of aliphatic hydroxyl groups excluding tert-OH is 3. The molecule has 2 aliphatic heterocycles. The molecule has 96 valence electrons. The Kier molecular flexibility index (Phi) is 3.57. The van der Waals surface area contributed by atoms with Crippen LogP contribution in [0.1, 0.15) is 0 Å². The summed E-state index contributed by atoms with van der Waals surface area (Å²) in [5, 5.41) is 26.8. The van der Waals surface area contributed by atoms with Crippen LogP contribution in [0.2, 0.25) is 0 Å². The Morgan fingerprint density at radius 3 is 2.76 bits per heavy atom.